The molecule has 0 spiro atoms. The number of carbonyl (C=O) groups is 2. The van der Waals surface area contributed by atoms with Crippen LogP contribution in [-0.2, 0) is 4.79 Å². The first-order chi connectivity index (χ1) is 14.4. The lowest BCUT2D eigenvalue weighted by Crippen LogP contribution is -2.42. The normalized spacial score (nSPS) is 23.0. The Hall–Kier alpha value is -2.06. The van der Waals surface area contributed by atoms with E-state index in [0.717, 1.165) is 34.4 Å². The second kappa shape index (κ2) is 8.98. The highest BCUT2D eigenvalue weighted by molar-refractivity contribution is 9.10. The molecule has 2 fully saturated rings. The van der Waals surface area contributed by atoms with E-state index in [0.29, 0.717) is 15.4 Å². The SMILES string of the molecule is O=C(O)COc1c(C(=O)O)sc(-c2cccc(NC3C4CCCC3CCC4)c2)c1Br. The van der Waals surface area contributed by atoms with Crippen molar-refractivity contribution in [3.8, 4) is 16.2 Å². The Morgan fingerprint density at radius 3 is 2.40 bits per heavy atom. The van der Waals surface area contributed by atoms with Crippen molar-refractivity contribution in [2.75, 3.05) is 11.9 Å². The number of thiophene rings is 1. The summed E-state index contributed by atoms with van der Waals surface area (Å²) < 4.78 is 5.73. The summed E-state index contributed by atoms with van der Waals surface area (Å²) >= 11 is 4.51. The van der Waals surface area contributed by atoms with Gasteiger partial charge in [0.25, 0.3) is 0 Å². The lowest BCUT2D eigenvalue weighted by atomic mass is 9.68. The van der Waals surface area contributed by atoms with Crippen molar-refractivity contribution in [1.29, 1.82) is 0 Å². The van der Waals surface area contributed by atoms with Crippen molar-refractivity contribution in [2.45, 2.75) is 44.6 Å². The summed E-state index contributed by atoms with van der Waals surface area (Å²) in [6.45, 7) is -0.596. The van der Waals surface area contributed by atoms with Gasteiger partial charge in [0, 0.05) is 11.7 Å². The van der Waals surface area contributed by atoms with E-state index >= 15 is 0 Å². The van der Waals surface area contributed by atoms with Crippen molar-refractivity contribution >= 4 is 44.9 Å². The Bertz CT molecular complexity index is 937. The van der Waals surface area contributed by atoms with Crippen molar-refractivity contribution < 1.29 is 24.5 Å². The molecule has 4 rings (SSSR count). The summed E-state index contributed by atoms with van der Waals surface area (Å²) in [6.07, 6.45) is 7.81. The number of aliphatic carboxylic acids is 1. The van der Waals surface area contributed by atoms with Crippen LogP contribution in [0.15, 0.2) is 28.7 Å². The molecule has 2 aliphatic carbocycles. The van der Waals surface area contributed by atoms with Crippen LogP contribution in [0.4, 0.5) is 5.69 Å². The molecule has 0 radical (unpaired) electrons. The summed E-state index contributed by atoms with van der Waals surface area (Å²) in [5.41, 5.74) is 1.90. The van der Waals surface area contributed by atoms with Crippen LogP contribution in [0.2, 0.25) is 0 Å². The number of carboxylic acid groups (broad SMARTS) is 2. The van der Waals surface area contributed by atoms with Crippen LogP contribution in [0, 0.1) is 11.8 Å². The van der Waals surface area contributed by atoms with Gasteiger partial charge >= 0.3 is 11.9 Å². The second-order valence-corrected chi connectivity index (χ2v) is 9.84. The Balaban J connectivity index is 1.61. The Morgan fingerprint density at radius 1 is 1.13 bits per heavy atom. The van der Waals surface area contributed by atoms with Crippen molar-refractivity contribution in [3.63, 3.8) is 0 Å². The maximum Gasteiger partial charge on any atom is 0.349 e. The van der Waals surface area contributed by atoms with E-state index in [1.54, 1.807) is 0 Å². The van der Waals surface area contributed by atoms with Crippen LogP contribution in [0.25, 0.3) is 10.4 Å². The fourth-order valence-electron chi connectivity index (χ4n) is 4.84. The third kappa shape index (κ3) is 4.34. The number of rotatable bonds is 7. The molecule has 8 heteroatoms. The van der Waals surface area contributed by atoms with Crippen LogP contribution in [0.5, 0.6) is 5.75 Å². The molecule has 0 atom stereocenters. The van der Waals surface area contributed by atoms with E-state index in [2.05, 4.69) is 27.3 Å². The van der Waals surface area contributed by atoms with Crippen LogP contribution < -0.4 is 10.1 Å². The summed E-state index contributed by atoms with van der Waals surface area (Å²) in [7, 11) is 0. The molecule has 0 amide bonds. The number of nitrogens with one attached hydrogen (secondary N) is 1. The minimum Gasteiger partial charge on any atom is -0.479 e. The zero-order valence-electron chi connectivity index (χ0n) is 16.4. The van der Waals surface area contributed by atoms with Gasteiger partial charge in [-0.1, -0.05) is 25.0 Å². The van der Waals surface area contributed by atoms with Gasteiger partial charge in [-0.15, -0.1) is 11.3 Å². The average Bonchev–Trinajstić information content (AvgIpc) is 3.03. The van der Waals surface area contributed by atoms with Gasteiger partial charge < -0.3 is 20.3 Å². The molecule has 2 bridgehead atoms. The minimum atomic E-state index is -1.16. The summed E-state index contributed by atoms with van der Waals surface area (Å²) in [5, 5.41) is 22.2. The summed E-state index contributed by atoms with van der Waals surface area (Å²) in [6, 6.07) is 8.47. The largest absolute Gasteiger partial charge is 0.479 e. The minimum absolute atomic E-state index is 0.0155. The van der Waals surface area contributed by atoms with Crippen molar-refractivity contribution in [1.82, 2.24) is 0 Å². The number of hydrogen-bond donors (Lipinski definition) is 3. The Labute approximate surface area is 187 Å². The zero-order valence-corrected chi connectivity index (χ0v) is 18.8. The Morgan fingerprint density at radius 2 is 1.80 bits per heavy atom. The van der Waals surface area contributed by atoms with E-state index in [1.165, 1.54) is 38.5 Å². The monoisotopic (exact) mass is 493 g/mol. The quantitative estimate of drug-likeness (QED) is 0.456. The number of ether oxygens (including phenoxy) is 1. The fourth-order valence-corrected chi connectivity index (χ4v) is 6.73. The third-order valence-electron chi connectivity index (χ3n) is 6.12. The van der Waals surface area contributed by atoms with Gasteiger partial charge in [-0.3, -0.25) is 0 Å². The number of aromatic carboxylic acids is 1. The van der Waals surface area contributed by atoms with Gasteiger partial charge in [0.2, 0.25) is 0 Å². The highest BCUT2D eigenvalue weighted by Gasteiger charge is 2.36. The molecule has 1 aromatic heterocycles. The zero-order chi connectivity index (χ0) is 21.3. The lowest BCUT2D eigenvalue weighted by Gasteiger charge is -2.43. The van der Waals surface area contributed by atoms with E-state index < -0.39 is 18.5 Å². The van der Waals surface area contributed by atoms with Crippen molar-refractivity contribution in [2.24, 2.45) is 11.8 Å². The maximum absolute atomic E-state index is 11.7. The fraction of sp³-hybridized carbons (Fsp3) is 0.455. The number of anilines is 1. The van der Waals surface area contributed by atoms with E-state index in [1.807, 2.05) is 18.2 Å². The summed E-state index contributed by atoms with van der Waals surface area (Å²) in [5.74, 6) is -0.787. The lowest BCUT2D eigenvalue weighted by molar-refractivity contribution is -0.139. The molecule has 160 valence electrons. The first kappa shape index (κ1) is 21.2. The Kier molecular flexibility index (Phi) is 6.34. The predicted octanol–water partition coefficient (Wildman–Crippen LogP) is 5.72. The molecule has 1 heterocycles. The van der Waals surface area contributed by atoms with Gasteiger partial charge in [-0.2, -0.15) is 0 Å². The van der Waals surface area contributed by atoms with Crippen LogP contribution in [0.3, 0.4) is 0 Å². The second-order valence-electron chi connectivity index (χ2n) is 8.02. The number of carboxylic acids is 2. The topological polar surface area (TPSA) is 95.9 Å². The van der Waals surface area contributed by atoms with E-state index in [9.17, 15) is 14.7 Å². The van der Waals surface area contributed by atoms with Gasteiger partial charge in [0.1, 0.15) is 0 Å². The number of hydrogen-bond acceptors (Lipinski definition) is 5. The molecule has 30 heavy (non-hydrogen) atoms. The molecule has 0 aliphatic heterocycles. The molecular formula is C22H24BrNO5S. The number of halogens is 1. The standard InChI is InChI=1S/C22H24BrNO5S/c23-17-19(29-11-16(25)26)21(22(27)28)30-20(17)14-8-3-9-15(10-14)24-18-12-4-1-5-13(18)7-2-6-12/h3,8-10,12-13,18,24H,1-2,4-7,11H2,(H,25,26)(H,27,28). The third-order valence-corrected chi connectivity index (χ3v) is 8.34. The van der Waals surface area contributed by atoms with Gasteiger partial charge in [0.15, 0.2) is 17.2 Å². The number of benzene rings is 1. The average molecular weight is 494 g/mol. The van der Waals surface area contributed by atoms with Gasteiger partial charge in [-0.25, -0.2) is 9.59 Å². The molecule has 1 aromatic carbocycles. The van der Waals surface area contributed by atoms with Crippen LogP contribution in [0.1, 0.15) is 48.2 Å². The smallest absolute Gasteiger partial charge is 0.349 e. The van der Waals surface area contributed by atoms with Crippen molar-refractivity contribution in [3.05, 3.63) is 33.6 Å². The number of fused-ring (bicyclic) bond motifs is 2. The predicted molar refractivity (Wildman–Crippen MR) is 120 cm³/mol. The molecule has 2 aliphatic rings. The van der Waals surface area contributed by atoms with E-state index in [-0.39, 0.29) is 10.6 Å². The molecule has 0 unspecified atom stereocenters. The first-order valence-electron chi connectivity index (χ1n) is 10.2. The highest BCUT2D eigenvalue weighted by atomic mass is 79.9. The molecular weight excluding hydrogens is 470 g/mol. The molecule has 2 saturated carbocycles. The first-order valence-corrected chi connectivity index (χ1v) is 11.8. The molecule has 3 N–H and O–H groups in total. The molecule has 6 nitrogen and oxygen atoms in total. The van der Waals surface area contributed by atoms with E-state index in [4.69, 9.17) is 9.84 Å². The molecule has 2 aromatic rings. The summed E-state index contributed by atoms with van der Waals surface area (Å²) in [4.78, 5) is 23.2. The van der Waals surface area contributed by atoms with Crippen LogP contribution in [-0.4, -0.2) is 34.8 Å². The van der Waals surface area contributed by atoms with Gasteiger partial charge in [-0.05, 0) is 71.1 Å². The van der Waals surface area contributed by atoms with Gasteiger partial charge in [0.05, 0.1) is 9.35 Å². The molecule has 0 saturated heterocycles. The highest BCUT2D eigenvalue weighted by Crippen LogP contribution is 2.46. The maximum atomic E-state index is 11.7. The van der Waals surface area contributed by atoms with Crippen LogP contribution >= 0.6 is 27.3 Å².